The van der Waals surface area contributed by atoms with Crippen molar-refractivity contribution in [3.8, 4) is 5.75 Å². The highest BCUT2D eigenvalue weighted by Gasteiger charge is 2.33. The van der Waals surface area contributed by atoms with Crippen LogP contribution >= 0.6 is 8.58 Å². The van der Waals surface area contributed by atoms with Crippen LogP contribution in [0.1, 0.15) is 77.4 Å². The Bertz CT molecular complexity index is 1690. The molecule has 0 aromatic heterocycles. The zero-order valence-electron chi connectivity index (χ0n) is 25.8. The second-order valence-corrected chi connectivity index (χ2v) is 13.6. The van der Waals surface area contributed by atoms with E-state index in [1.54, 1.807) is 6.07 Å². The number of ketones is 1. The molecule has 2 nitrogen and oxygen atoms in total. The average molecular weight is 603 g/mol. The van der Waals surface area contributed by atoms with E-state index >= 15 is 0 Å². The Morgan fingerprint density at radius 3 is 1.93 bits per heavy atom. The van der Waals surface area contributed by atoms with E-state index in [0.717, 1.165) is 53.4 Å². The van der Waals surface area contributed by atoms with Crippen molar-refractivity contribution >= 4 is 19.7 Å². The van der Waals surface area contributed by atoms with Gasteiger partial charge in [0.1, 0.15) is 18.2 Å². The van der Waals surface area contributed by atoms with Crippen molar-refractivity contribution < 1.29 is 13.9 Å². The molecule has 224 valence electrons. The summed E-state index contributed by atoms with van der Waals surface area (Å²) in [5.41, 5.74) is 7.55. The van der Waals surface area contributed by atoms with Crippen LogP contribution < -0.4 is 10.0 Å². The molecule has 0 saturated heterocycles. The van der Waals surface area contributed by atoms with Gasteiger partial charge in [0, 0.05) is 22.7 Å². The van der Waals surface area contributed by atoms with Gasteiger partial charge in [-0.1, -0.05) is 138 Å². The largest absolute Gasteiger partial charge is 0.488 e. The number of Topliss-reactive ketones (excluding diaryl/α,β-unsaturated/α-hetero) is 1. The number of benzene rings is 5. The Morgan fingerprint density at radius 1 is 0.750 bits per heavy atom. The summed E-state index contributed by atoms with van der Waals surface area (Å²) in [6.07, 6.45) is 3.38. The van der Waals surface area contributed by atoms with Crippen molar-refractivity contribution in [2.24, 2.45) is 0 Å². The molecule has 0 radical (unpaired) electrons. The zero-order valence-corrected chi connectivity index (χ0v) is 26.8. The lowest BCUT2D eigenvalue weighted by molar-refractivity contribution is 0.101. The summed E-state index contributed by atoms with van der Waals surface area (Å²) in [6, 6.07) is 40.6. The van der Waals surface area contributed by atoms with Crippen molar-refractivity contribution in [1.82, 2.24) is 0 Å². The quantitative estimate of drug-likeness (QED) is 0.0991. The maximum Gasteiger partial charge on any atom is 0.160 e. The normalized spacial score (nSPS) is 12.7. The zero-order chi connectivity index (χ0) is 30.9. The van der Waals surface area contributed by atoms with Gasteiger partial charge in [0.2, 0.25) is 0 Å². The monoisotopic (exact) mass is 602 g/mol. The summed E-state index contributed by atoms with van der Waals surface area (Å²) < 4.78 is 21.1. The third-order valence-electron chi connectivity index (χ3n) is 8.06. The average Bonchev–Trinajstić information content (AvgIpc) is 3.03. The van der Waals surface area contributed by atoms with Crippen LogP contribution in [0.25, 0.3) is 0 Å². The molecule has 0 saturated carbocycles. The molecular weight excluding hydrogens is 562 g/mol. The molecule has 0 aliphatic rings. The summed E-state index contributed by atoms with van der Waals surface area (Å²) in [5, 5.41) is 0.544. The highest BCUT2D eigenvalue weighted by Crippen LogP contribution is 2.50. The molecule has 0 N–H and O–H groups in total. The fourth-order valence-electron chi connectivity index (χ4n) is 5.92. The van der Waals surface area contributed by atoms with E-state index in [4.69, 9.17) is 4.74 Å². The van der Waals surface area contributed by atoms with Gasteiger partial charge >= 0.3 is 0 Å². The molecule has 5 aromatic carbocycles. The smallest absolute Gasteiger partial charge is 0.160 e. The van der Waals surface area contributed by atoms with Crippen molar-refractivity contribution in [1.29, 1.82) is 0 Å². The summed E-state index contributed by atoms with van der Waals surface area (Å²) in [6.45, 7) is 6.45. The Hall–Kier alpha value is -4.07. The van der Waals surface area contributed by atoms with Crippen LogP contribution in [0.2, 0.25) is 0 Å². The fourth-order valence-corrected chi connectivity index (χ4v) is 7.76. The number of hydrogen-bond donors (Lipinski definition) is 0. The van der Waals surface area contributed by atoms with Gasteiger partial charge in [-0.2, -0.15) is 0 Å². The first-order chi connectivity index (χ1) is 21.3. The minimum Gasteiger partial charge on any atom is -0.488 e. The number of ether oxygens (including phenoxy) is 1. The predicted octanol–water partition coefficient (Wildman–Crippen LogP) is 9.81. The van der Waals surface area contributed by atoms with Crippen LogP contribution in [0.5, 0.6) is 5.75 Å². The Morgan fingerprint density at radius 2 is 1.34 bits per heavy atom. The van der Waals surface area contributed by atoms with Crippen LogP contribution in [0.15, 0.2) is 121 Å². The SMILES string of the molecule is CCCC(C)(Pc1ccc(F)cc1C(C)=O)c1cc(Cc2ccccc2)cc(Cc2ccccc2)c1OCc1ccccc1. The van der Waals surface area contributed by atoms with Gasteiger partial charge in [-0.3, -0.25) is 4.79 Å². The second kappa shape index (κ2) is 14.6. The lowest BCUT2D eigenvalue weighted by Gasteiger charge is -2.34. The van der Waals surface area contributed by atoms with Gasteiger partial charge in [-0.25, -0.2) is 4.39 Å². The third kappa shape index (κ3) is 7.90. The highest BCUT2D eigenvalue weighted by molar-refractivity contribution is 7.48. The molecular formula is C40H40FO2P. The van der Waals surface area contributed by atoms with E-state index in [1.165, 1.54) is 35.7 Å². The van der Waals surface area contributed by atoms with E-state index in [-0.39, 0.29) is 25.3 Å². The molecule has 0 amide bonds. The van der Waals surface area contributed by atoms with Crippen LogP contribution in [0.4, 0.5) is 4.39 Å². The highest BCUT2D eigenvalue weighted by atomic mass is 31.1. The van der Waals surface area contributed by atoms with E-state index in [1.807, 2.05) is 30.3 Å². The molecule has 0 aliphatic carbocycles. The molecule has 5 rings (SSSR count). The summed E-state index contributed by atoms with van der Waals surface area (Å²) in [7, 11) is 0.249. The van der Waals surface area contributed by atoms with Crippen molar-refractivity contribution in [3.63, 3.8) is 0 Å². The Balaban J connectivity index is 1.69. The van der Waals surface area contributed by atoms with Crippen LogP contribution in [-0.2, 0) is 24.6 Å². The first-order valence-corrected chi connectivity index (χ1v) is 16.3. The fraction of sp³-hybridized carbons (Fsp3) is 0.225. The topological polar surface area (TPSA) is 26.3 Å². The second-order valence-electron chi connectivity index (χ2n) is 11.7. The first kappa shape index (κ1) is 31.4. The maximum atomic E-state index is 14.3. The van der Waals surface area contributed by atoms with Gasteiger partial charge < -0.3 is 4.74 Å². The number of rotatable bonds is 13. The van der Waals surface area contributed by atoms with Crippen molar-refractivity contribution in [3.05, 3.63) is 166 Å². The van der Waals surface area contributed by atoms with Crippen LogP contribution in [-0.4, -0.2) is 5.78 Å². The van der Waals surface area contributed by atoms with Gasteiger partial charge in [-0.15, -0.1) is 0 Å². The van der Waals surface area contributed by atoms with Crippen molar-refractivity contribution in [2.75, 3.05) is 0 Å². The lowest BCUT2D eigenvalue weighted by atomic mass is 9.87. The van der Waals surface area contributed by atoms with Crippen LogP contribution in [0.3, 0.4) is 0 Å². The molecule has 0 fully saturated rings. The molecule has 0 bridgehead atoms. The molecule has 2 atom stereocenters. The predicted molar refractivity (Wildman–Crippen MR) is 182 cm³/mol. The van der Waals surface area contributed by atoms with Gasteiger partial charge in [0.15, 0.2) is 5.78 Å². The summed E-state index contributed by atoms with van der Waals surface area (Å²) >= 11 is 0. The number of carbonyl (C=O) groups excluding carboxylic acids is 1. The van der Waals surface area contributed by atoms with E-state index in [0.29, 0.717) is 12.2 Å². The molecule has 4 heteroatoms. The van der Waals surface area contributed by atoms with E-state index in [2.05, 4.69) is 86.6 Å². The molecule has 0 spiro atoms. The molecule has 0 aliphatic heterocycles. The minimum absolute atomic E-state index is 0.117. The first-order valence-electron chi connectivity index (χ1n) is 15.3. The van der Waals surface area contributed by atoms with E-state index < -0.39 is 0 Å². The number of halogens is 1. The molecule has 2 unspecified atom stereocenters. The maximum absolute atomic E-state index is 14.3. The summed E-state index contributed by atoms with van der Waals surface area (Å²) in [5.74, 6) is 0.404. The van der Waals surface area contributed by atoms with Gasteiger partial charge in [0.05, 0.1) is 0 Å². The van der Waals surface area contributed by atoms with Gasteiger partial charge in [0.25, 0.3) is 0 Å². The minimum atomic E-state index is -0.386. The lowest BCUT2D eigenvalue weighted by Crippen LogP contribution is -2.24. The van der Waals surface area contributed by atoms with Crippen LogP contribution in [0, 0.1) is 5.82 Å². The van der Waals surface area contributed by atoms with Gasteiger partial charge in [-0.05, 0) is 65.0 Å². The van der Waals surface area contributed by atoms with E-state index in [9.17, 15) is 9.18 Å². The third-order valence-corrected chi connectivity index (χ3v) is 9.83. The Labute approximate surface area is 263 Å². The molecule has 44 heavy (non-hydrogen) atoms. The number of hydrogen-bond acceptors (Lipinski definition) is 2. The molecule has 5 aromatic rings. The number of carbonyl (C=O) groups is 1. The summed E-state index contributed by atoms with van der Waals surface area (Å²) in [4.78, 5) is 12.7. The van der Waals surface area contributed by atoms with Crippen molar-refractivity contribution in [2.45, 2.75) is 58.2 Å². The Kier molecular flexibility index (Phi) is 10.4. The molecule has 0 heterocycles. The standard InChI is InChI=1S/C40H40FO2P/c1-4-22-40(3,44-38-21-20-35(41)27-36(38)29(2)42)37-26-33(23-30-14-8-5-9-15-30)25-34(24-31-16-10-6-11-17-31)39(37)43-28-32-18-12-7-13-19-32/h5-21,25-27,44H,4,22-24,28H2,1-3H3.